The van der Waals surface area contributed by atoms with E-state index < -0.39 is 89.5 Å². The van der Waals surface area contributed by atoms with Gasteiger partial charge in [0.25, 0.3) is 11.7 Å². The van der Waals surface area contributed by atoms with Crippen LogP contribution in [0.2, 0.25) is 0 Å². The topological polar surface area (TPSA) is 197 Å². The lowest BCUT2D eigenvalue weighted by Crippen LogP contribution is -2.64. The van der Waals surface area contributed by atoms with Crippen molar-refractivity contribution in [2.75, 3.05) is 42.1 Å². The summed E-state index contributed by atoms with van der Waals surface area (Å²) in [6.45, 7) is 11.2. The van der Waals surface area contributed by atoms with Crippen molar-refractivity contribution in [3.8, 4) is 11.5 Å². The Hall–Kier alpha value is -3.96. The number of ketones is 2. The molecule has 1 aliphatic carbocycles. The van der Waals surface area contributed by atoms with Gasteiger partial charge in [0.2, 0.25) is 5.79 Å². The molecule has 0 aromatic heterocycles. The first kappa shape index (κ1) is 56.0. The zero-order valence-corrected chi connectivity index (χ0v) is 42.9. The van der Waals surface area contributed by atoms with Gasteiger partial charge in [-0.05, 0) is 120 Å². The summed E-state index contributed by atoms with van der Waals surface area (Å²) < 4.78 is 41.2. The monoisotopic (exact) mass is 968 g/mol. The molecule has 0 radical (unpaired) electrons. The summed E-state index contributed by atoms with van der Waals surface area (Å²) in [4.78, 5) is 58.6. The van der Waals surface area contributed by atoms with E-state index in [1.807, 2.05) is 64.1 Å². The van der Waals surface area contributed by atoms with Crippen molar-refractivity contribution < 1.29 is 67.7 Å². The first-order valence-corrected chi connectivity index (χ1v) is 25.0. The number of hydrogen-bond donors (Lipinski definition) is 3. The summed E-state index contributed by atoms with van der Waals surface area (Å²) in [6, 6.07) is 4.38. The number of aliphatic hydroxyl groups is 3. The van der Waals surface area contributed by atoms with Crippen LogP contribution < -0.4 is 9.47 Å². The second kappa shape index (κ2) is 24.9. The molecule has 2 saturated heterocycles. The van der Waals surface area contributed by atoms with Crippen molar-refractivity contribution in [3.05, 3.63) is 53.1 Å². The van der Waals surface area contributed by atoms with Crippen molar-refractivity contribution in [3.63, 3.8) is 0 Å². The highest BCUT2D eigenvalue weighted by atomic mass is 16.7. The average molecular weight is 968 g/mol. The van der Waals surface area contributed by atoms with Crippen LogP contribution in [0.25, 0.3) is 6.08 Å². The van der Waals surface area contributed by atoms with Crippen LogP contribution in [0, 0.1) is 29.6 Å². The van der Waals surface area contributed by atoms with Gasteiger partial charge in [-0.2, -0.15) is 0 Å². The molecular weight excluding hydrogens is 887 g/mol. The maximum atomic E-state index is 14.6. The van der Waals surface area contributed by atoms with Crippen LogP contribution in [0.4, 0.5) is 0 Å². The van der Waals surface area contributed by atoms with Gasteiger partial charge >= 0.3 is 5.97 Å². The third-order valence-corrected chi connectivity index (χ3v) is 15.3. The number of piperidine rings is 1. The second-order valence-electron chi connectivity index (χ2n) is 20.4. The third kappa shape index (κ3) is 13.5. The normalized spacial score (nSPS) is 37.0. The number of fused-ring (bicyclic) bond motifs is 3. The molecule has 1 aromatic rings. The van der Waals surface area contributed by atoms with Crippen LogP contribution in [-0.2, 0) is 42.9 Å². The summed E-state index contributed by atoms with van der Waals surface area (Å²) >= 11 is 0. The quantitative estimate of drug-likeness (QED) is 0.117. The Bertz CT molecular complexity index is 1990. The highest BCUT2D eigenvalue weighted by Gasteiger charge is 2.56. The van der Waals surface area contributed by atoms with E-state index in [9.17, 15) is 34.5 Å². The molecule has 3 fully saturated rings. The highest BCUT2D eigenvalue weighted by molar-refractivity contribution is 6.39. The van der Waals surface area contributed by atoms with E-state index in [-0.39, 0.29) is 43.4 Å². The van der Waals surface area contributed by atoms with Crippen molar-refractivity contribution in [1.29, 1.82) is 0 Å². The number of ether oxygens (including phenoxy) is 7. The zero-order chi connectivity index (χ0) is 50.8. The Kier molecular flexibility index (Phi) is 20.2. The number of amides is 1. The molecule has 69 heavy (non-hydrogen) atoms. The van der Waals surface area contributed by atoms with Gasteiger partial charge in [0.05, 0.1) is 44.2 Å². The minimum Gasteiger partial charge on any atom is -0.497 e. The van der Waals surface area contributed by atoms with Gasteiger partial charge in [-0.1, -0.05) is 57.6 Å². The fraction of sp³-hybridized carbons (Fsp3) is 0.704. The fourth-order valence-corrected chi connectivity index (χ4v) is 11.1. The summed E-state index contributed by atoms with van der Waals surface area (Å²) in [5.41, 5.74) is 1.30. The first-order valence-electron chi connectivity index (χ1n) is 25.0. The molecule has 3 heterocycles. The maximum absolute atomic E-state index is 14.6. The molecule has 4 aliphatic rings. The first-order chi connectivity index (χ1) is 32.7. The number of Topliss-reactive ketones (excluding diaryl/α,β-unsaturated/α-hetero) is 2. The number of nitrogens with zero attached hydrogens (tertiary/aromatic N) is 1. The number of allylic oxidation sites excluding steroid dienone is 3. The number of carbonyl (C=O) groups excluding carboxylic acids is 4. The van der Waals surface area contributed by atoms with Crippen molar-refractivity contribution >= 4 is 29.5 Å². The molecule has 2 bridgehead atoms. The predicted molar refractivity (Wildman–Crippen MR) is 260 cm³/mol. The lowest BCUT2D eigenvalue weighted by atomic mass is 9.74. The molecule has 1 amide bonds. The molecule has 15 heteroatoms. The van der Waals surface area contributed by atoms with E-state index in [0.717, 1.165) is 11.1 Å². The highest BCUT2D eigenvalue weighted by Crippen LogP contribution is 2.41. The van der Waals surface area contributed by atoms with E-state index in [0.29, 0.717) is 74.9 Å². The Morgan fingerprint density at radius 2 is 1.55 bits per heavy atom. The standard InChI is InChI=1S/C54H81NO14/c1-12-39-23-32(2)22-33(3)24-45(65-9)49-46(66-10)26-35(5)54(62,69-49)50(58)51(59)55-21-14-13-17-42(55)52(60)68-48(36(6)43(56)31-44(39)57)34(4)25-38-18-20-53(61,47(29-38)67-11)19-15-16-37-27-40(63-7)30-41(28-37)64-8/h15-16,23,25,27-28,30,33,35-36,38-39,42-43,45-49,56,61-62H,12-14,17-22,24,26,29,31H2,1-11H3/b16-15?,32-23+,34-25?. The molecule has 1 saturated carbocycles. The van der Waals surface area contributed by atoms with Crippen LogP contribution in [0.5, 0.6) is 11.5 Å². The molecule has 3 aliphatic heterocycles. The van der Waals surface area contributed by atoms with Crippen LogP contribution in [0.1, 0.15) is 124 Å². The molecule has 14 atom stereocenters. The number of benzene rings is 1. The number of hydrogen-bond acceptors (Lipinski definition) is 14. The van der Waals surface area contributed by atoms with Gasteiger partial charge in [0, 0.05) is 58.1 Å². The fourth-order valence-electron chi connectivity index (χ4n) is 11.1. The molecule has 5 rings (SSSR count). The van der Waals surface area contributed by atoms with Gasteiger partial charge in [-0.15, -0.1) is 0 Å². The van der Waals surface area contributed by atoms with Gasteiger partial charge < -0.3 is 53.4 Å². The lowest BCUT2D eigenvalue weighted by Gasteiger charge is -2.47. The Balaban J connectivity index is 1.46. The van der Waals surface area contributed by atoms with E-state index >= 15 is 0 Å². The molecule has 386 valence electrons. The summed E-state index contributed by atoms with van der Waals surface area (Å²) in [6.07, 6.45) is 7.60. The summed E-state index contributed by atoms with van der Waals surface area (Å²) in [5, 5.41) is 36.0. The largest absolute Gasteiger partial charge is 0.497 e. The van der Waals surface area contributed by atoms with Crippen molar-refractivity contribution in [2.24, 2.45) is 29.6 Å². The molecular formula is C54H81NO14. The minimum atomic E-state index is -2.53. The Morgan fingerprint density at radius 3 is 2.17 bits per heavy atom. The van der Waals surface area contributed by atoms with Crippen LogP contribution >= 0.6 is 0 Å². The molecule has 14 unspecified atom stereocenters. The zero-order valence-electron chi connectivity index (χ0n) is 42.9. The van der Waals surface area contributed by atoms with Crippen LogP contribution in [0.3, 0.4) is 0 Å². The average Bonchev–Trinajstić information content (AvgIpc) is 3.33. The van der Waals surface area contributed by atoms with Crippen LogP contribution in [-0.4, -0.2) is 140 Å². The number of cyclic esters (lactones) is 1. The molecule has 0 spiro atoms. The third-order valence-electron chi connectivity index (χ3n) is 15.3. The Labute approximate surface area is 409 Å². The van der Waals surface area contributed by atoms with E-state index in [4.69, 9.17) is 33.2 Å². The number of aliphatic hydroxyl groups excluding tert-OH is 1. The van der Waals surface area contributed by atoms with E-state index in [2.05, 4.69) is 0 Å². The van der Waals surface area contributed by atoms with Crippen LogP contribution in [0.15, 0.2) is 47.6 Å². The van der Waals surface area contributed by atoms with Gasteiger partial charge in [0.15, 0.2) is 0 Å². The Morgan fingerprint density at radius 1 is 0.884 bits per heavy atom. The second-order valence-corrected chi connectivity index (χ2v) is 20.4. The maximum Gasteiger partial charge on any atom is 0.329 e. The van der Waals surface area contributed by atoms with Gasteiger partial charge in [0.1, 0.15) is 35.5 Å². The molecule has 1 aromatic carbocycles. The minimum absolute atomic E-state index is 0.0148. The van der Waals surface area contributed by atoms with E-state index in [1.54, 1.807) is 41.2 Å². The number of carbonyl (C=O) groups is 4. The van der Waals surface area contributed by atoms with Crippen molar-refractivity contribution in [1.82, 2.24) is 4.90 Å². The van der Waals surface area contributed by atoms with Gasteiger partial charge in [-0.25, -0.2) is 4.79 Å². The van der Waals surface area contributed by atoms with Gasteiger partial charge in [-0.3, -0.25) is 14.4 Å². The molecule has 15 nitrogen and oxygen atoms in total. The number of rotatable bonds is 11. The summed E-state index contributed by atoms with van der Waals surface area (Å²) in [5.74, 6) is -6.54. The predicted octanol–water partition coefficient (Wildman–Crippen LogP) is 6.96. The number of methoxy groups -OCH3 is 5. The smallest absolute Gasteiger partial charge is 0.329 e. The SMILES string of the molecule is CCC1/C=C(\C)CC(C)CC(OC)C2OC(O)(C(=O)C(=O)N3CCCCC3C(=O)OC(C(C)=CC3CCC(O)(CC=Cc4cc(OC)cc(OC)c4)C(OC)C3)C(C)C(O)CC1=O)C(C)CC2OC. The van der Waals surface area contributed by atoms with E-state index in [1.165, 1.54) is 19.1 Å². The summed E-state index contributed by atoms with van der Waals surface area (Å²) in [7, 11) is 7.81. The van der Waals surface area contributed by atoms with Crippen molar-refractivity contribution in [2.45, 2.75) is 173 Å². The number of esters is 1. The molecule has 3 N–H and O–H groups in total. The lowest BCUT2D eigenvalue weighted by molar-refractivity contribution is -0.302.